The van der Waals surface area contributed by atoms with Gasteiger partial charge in [0.15, 0.2) is 0 Å². The maximum absolute atomic E-state index is 12.6. The fourth-order valence-corrected chi connectivity index (χ4v) is 4.22. The van der Waals surface area contributed by atoms with Crippen LogP contribution < -0.4 is 5.32 Å². The van der Waals surface area contributed by atoms with Crippen LogP contribution in [0, 0.1) is 6.92 Å². The van der Waals surface area contributed by atoms with Crippen LogP contribution in [0.3, 0.4) is 0 Å². The zero-order valence-corrected chi connectivity index (χ0v) is 16.6. The summed E-state index contributed by atoms with van der Waals surface area (Å²) in [4.78, 5) is 15.0. The summed E-state index contributed by atoms with van der Waals surface area (Å²) in [6, 6.07) is 7.82. The molecule has 0 aliphatic carbocycles. The predicted octanol–water partition coefficient (Wildman–Crippen LogP) is 4.44. The van der Waals surface area contributed by atoms with Gasteiger partial charge in [-0.25, -0.2) is 0 Å². The first-order chi connectivity index (χ1) is 12.0. The van der Waals surface area contributed by atoms with Crippen LogP contribution in [0.15, 0.2) is 24.3 Å². The third-order valence-electron chi connectivity index (χ3n) is 4.41. The van der Waals surface area contributed by atoms with Crippen LogP contribution in [0.5, 0.6) is 0 Å². The van der Waals surface area contributed by atoms with Crippen LogP contribution in [0.2, 0.25) is 10.2 Å². The van der Waals surface area contributed by atoms with Crippen molar-refractivity contribution in [2.75, 3.05) is 29.9 Å². The monoisotopic (exact) mass is 397 g/mol. The fraction of sp³-hybridized carbons (Fsp3) is 0.389. The molecule has 1 saturated heterocycles. The van der Waals surface area contributed by atoms with Crippen molar-refractivity contribution in [1.82, 2.24) is 9.47 Å². The van der Waals surface area contributed by atoms with E-state index in [0.717, 1.165) is 30.9 Å². The molecular weight excluding hydrogens is 377 g/mol. The topological polar surface area (TPSA) is 37.3 Å². The third-order valence-corrected chi connectivity index (χ3v) is 6.19. The highest BCUT2D eigenvalue weighted by Gasteiger charge is 2.17. The Morgan fingerprint density at radius 1 is 1.24 bits per heavy atom. The van der Waals surface area contributed by atoms with Crippen LogP contribution in [0.4, 0.5) is 5.69 Å². The van der Waals surface area contributed by atoms with Crippen molar-refractivity contribution in [3.63, 3.8) is 0 Å². The summed E-state index contributed by atoms with van der Waals surface area (Å²) >= 11 is 14.1. The van der Waals surface area contributed by atoms with Gasteiger partial charge in [-0.05, 0) is 30.2 Å². The highest BCUT2D eigenvalue weighted by atomic mass is 35.5. The van der Waals surface area contributed by atoms with Gasteiger partial charge in [0.2, 0.25) is 0 Å². The minimum absolute atomic E-state index is 0.217. The number of nitrogens with zero attached hydrogens (tertiary/aromatic N) is 2. The highest BCUT2D eigenvalue weighted by Crippen LogP contribution is 2.26. The van der Waals surface area contributed by atoms with E-state index in [9.17, 15) is 4.79 Å². The Morgan fingerprint density at radius 3 is 2.60 bits per heavy atom. The standard InChI is InChI=1S/C18H21Cl2N3OS/c1-12-3-4-13(11-23-5-7-25-8-6-23)9-15(12)21-18(24)16-10-14(19)17(20)22(16)2/h3-4,9-10H,5-8,11H2,1-2H3,(H,21,24). The van der Waals surface area contributed by atoms with E-state index in [1.54, 1.807) is 17.7 Å². The van der Waals surface area contributed by atoms with Gasteiger partial charge in [-0.3, -0.25) is 9.69 Å². The second-order valence-corrected chi connectivity index (χ2v) is 8.21. The van der Waals surface area contributed by atoms with E-state index in [-0.39, 0.29) is 5.91 Å². The van der Waals surface area contributed by atoms with Crippen LogP contribution in [-0.2, 0) is 13.6 Å². The minimum Gasteiger partial charge on any atom is -0.329 e. The number of amides is 1. The molecule has 2 heterocycles. The average Bonchev–Trinajstić information content (AvgIpc) is 2.86. The molecule has 134 valence electrons. The summed E-state index contributed by atoms with van der Waals surface area (Å²) in [6.45, 7) is 5.12. The van der Waals surface area contributed by atoms with Gasteiger partial charge in [0.1, 0.15) is 10.8 Å². The maximum Gasteiger partial charge on any atom is 0.272 e. The molecule has 1 aliphatic rings. The number of carbonyl (C=O) groups excluding carboxylic acids is 1. The number of rotatable bonds is 4. The van der Waals surface area contributed by atoms with Gasteiger partial charge in [0, 0.05) is 43.9 Å². The summed E-state index contributed by atoms with van der Waals surface area (Å²) in [5, 5.41) is 3.72. The lowest BCUT2D eigenvalue weighted by Gasteiger charge is -2.26. The van der Waals surface area contributed by atoms with Gasteiger partial charge in [0.25, 0.3) is 5.91 Å². The van der Waals surface area contributed by atoms with Crippen molar-refractivity contribution in [3.05, 3.63) is 51.3 Å². The molecule has 1 fully saturated rings. The molecule has 0 radical (unpaired) electrons. The van der Waals surface area contributed by atoms with Crippen LogP contribution >= 0.6 is 35.0 Å². The van der Waals surface area contributed by atoms with Gasteiger partial charge in [-0.1, -0.05) is 35.3 Å². The smallest absolute Gasteiger partial charge is 0.272 e. The van der Waals surface area contributed by atoms with Gasteiger partial charge < -0.3 is 9.88 Å². The van der Waals surface area contributed by atoms with Crippen LogP contribution in [-0.4, -0.2) is 40.0 Å². The molecule has 25 heavy (non-hydrogen) atoms. The number of aromatic nitrogens is 1. The number of nitrogens with one attached hydrogen (secondary N) is 1. The lowest BCUT2D eigenvalue weighted by molar-refractivity contribution is 0.101. The molecule has 1 aromatic carbocycles. The van der Waals surface area contributed by atoms with Crippen LogP contribution in [0.25, 0.3) is 0 Å². The molecule has 0 saturated carbocycles. The Bertz CT molecular complexity index is 785. The lowest BCUT2D eigenvalue weighted by Crippen LogP contribution is -2.32. The van der Waals surface area contributed by atoms with Crippen molar-refractivity contribution in [1.29, 1.82) is 0 Å². The number of anilines is 1. The number of hydrogen-bond acceptors (Lipinski definition) is 3. The summed E-state index contributed by atoms with van der Waals surface area (Å²) in [5.74, 6) is 2.15. The highest BCUT2D eigenvalue weighted by molar-refractivity contribution is 7.99. The molecule has 1 aliphatic heterocycles. The van der Waals surface area contributed by atoms with E-state index in [1.807, 2.05) is 18.7 Å². The number of thioether (sulfide) groups is 1. The normalized spacial score (nSPS) is 15.4. The first kappa shape index (κ1) is 18.6. The molecular formula is C18H21Cl2N3OS. The van der Waals surface area contributed by atoms with Crippen molar-refractivity contribution in [2.24, 2.45) is 7.05 Å². The summed E-state index contributed by atoms with van der Waals surface area (Å²) in [6.07, 6.45) is 0. The molecule has 1 N–H and O–H groups in total. The Hall–Kier alpha value is -1.14. The Labute approximate surface area is 162 Å². The summed E-state index contributed by atoms with van der Waals surface area (Å²) in [5.41, 5.74) is 3.49. The SMILES string of the molecule is Cc1ccc(CN2CCSCC2)cc1NC(=O)c1cc(Cl)c(Cl)n1C. The number of benzene rings is 1. The van der Waals surface area contributed by atoms with Crippen molar-refractivity contribution < 1.29 is 4.79 Å². The van der Waals surface area contributed by atoms with Crippen molar-refractivity contribution in [2.45, 2.75) is 13.5 Å². The van der Waals surface area contributed by atoms with E-state index in [1.165, 1.54) is 17.1 Å². The Balaban J connectivity index is 1.75. The molecule has 1 amide bonds. The molecule has 7 heteroatoms. The average molecular weight is 398 g/mol. The molecule has 0 atom stereocenters. The predicted molar refractivity (Wildman–Crippen MR) is 107 cm³/mol. The van der Waals surface area contributed by atoms with Gasteiger partial charge in [0.05, 0.1) is 5.02 Å². The quantitative estimate of drug-likeness (QED) is 0.828. The number of hydrogen-bond donors (Lipinski definition) is 1. The van der Waals surface area contributed by atoms with Gasteiger partial charge in [-0.15, -0.1) is 0 Å². The molecule has 4 nitrogen and oxygen atoms in total. The third kappa shape index (κ3) is 4.34. The first-order valence-electron chi connectivity index (χ1n) is 8.17. The van der Waals surface area contributed by atoms with Crippen molar-refractivity contribution >= 4 is 46.6 Å². The van der Waals surface area contributed by atoms with Crippen LogP contribution in [0.1, 0.15) is 21.6 Å². The Morgan fingerprint density at radius 2 is 1.96 bits per heavy atom. The first-order valence-corrected chi connectivity index (χ1v) is 10.1. The van der Waals surface area contributed by atoms with E-state index < -0.39 is 0 Å². The largest absolute Gasteiger partial charge is 0.329 e. The van der Waals surface area contributed by atoms with Gasteiger partial charge >= 0.3 is 0 Å². The number of carbonyl (C=O) groups is 1. The molecule has 2 aromatic rings. The van der Waals surface area contributed by atoms with E-state index in [2.05, 4.69) is 28.4 Å². The zero-order valence-electron chi connectivity index (χ0n) is 14.3. The molecule has 3 rings (SSSR count). The summed E-state index contributed by atoms with van der Waals surface area (Å²) < 4.78 is 1.59. The number of aryl methyl sites for hydroxylation is 1. The fourth-order valence-electron chi connectivity index (χ4n) is 2.87. The molecule has 0 spiro atoms. The van der Waals surface area contributed by atoms with E-state index in [0.29, 0.717) is 15.9 Å². The molecule has 1 aromatic heterocycles. The maximum atomic E-state index is 12.6. The van der Waals surface area contributed by atoms with E-state index >= 15 is 0 Å². The minimum atomic E-state index is -0.217. The van der Waals surface area contributed by atoms with Crippen molar-refractivity contribution in [3.8, 4) is 0 Å². The lowest BCUT2D eigenvalue weighted by atomic mass is 10.1. The summed E-state index contributed by atoms with van der Waals surface area (Å²) in [7, 11) is 1.72. The second kappa shape index (κ2) is 8.04. The van der Waals surface area contributed by atoms with Gasteiger partial charge in [-0.2, -0.15) is 11.8 Å². The Kier molecular flexibility index (Phi) is 6.00. The van der Waals surface area contributed by atoms with E-state index in [4.69, 9.17) is 23.2 Å². The molecule has 0 bridgehead atoms. The number of halogens is 2. The molecule has 0 unspecified atom stereocenters. The second-order valence-electron chi connectivity index (χ2n) is 6.22. The zero-order chi connectivity index (χ0) is 18.0.